The van der Waals surface area contributed by atoms with Crippen molar-refractivity contribution in [3.63, 3.8) is 0 Å². The molecular weight excluding hydrogens is 388 g/mol. The molecule has 0 spiro atoms. The van der Waals surface area contributed by atoms with Crippen LogP contribution in [0.3, 0.4) is 0 Å². The van der Waals surface area contributed by atoms with Gasteiger partial charge in [-0.2, -0.15) is 5.10 Å². The molecule has 0 amide bonds. The van der Waals surface area contributed by atoms with E-state index in [1.165, 1.54) is 0 Å². The van der Waals surface area contributed by atoms with Crippen LogP contribution >= 0.6 is 0 Å². The number of benzene rings is 2. The minimum atomic E-state index is 0.0715. The van der Waals surface area contributed by atoms with Gasteiger partial charge in [0.25, 0.3) is 0 Å². The minimum Gasteiger partial charge on any atom is -0.507 e. The summed E-state index contributed by atoms with van der Waals surface area (Å²) in [5.74, 6) is 1.37. The van der Waals surface area contributed by atoms with Gasteiger partial charge in [-0.05, 0) is 53.9 Å². The fourth-order valence-corrected chi connectivity index (χ4v) is 3.41. The Morgan fingerprint density at radius 1 is 1.06 bits per heavy atom. The largest absolute Gasteiger partial charge is 0.507 e. The lowest BCUT2D eigenvalue weighted by molar-refractivity contribution is 0.477. The van der Waals surface area contributed by atoms with Gasteiger partial charge in [0.2, 0.25) is 0 Å². The lowest BCUT2D eigenvalue weighted by atomic mass is 10.0. The van der Waals surface area contributed by atoms with Crippen molar-refractivity contribution in [2.75, 3.05) is 18.5 Å². The van der Waals surface area contributed by atoms with Crippen molar-refractivity contribution in [1.29, 1.82) is 0 Å². The quantitative estimate of drug-likeness (QED) is 0.477. The second-order valence-corrected chi connectivity index (χ2v) is 7.52. The Kier molecular flexibility index (Phi) is 5.95. The number of phenolic OH excluding ortho intramolecular Hbond substituents is 1. The Labute approximate surface area is 181 Å². The van der Waals surface area contributed by atoms with Gasteiger partial charge in [0.15, 0.2) is 5.82 Å². The van der Waals surface area contributed by atoms with Crippen LogP contribution in [0.5, 0.6) is 5.75 Å². The first-order chi connectivity index (χ1) is 15.0. The summed E-state index contributed by atoms with van der Waals surface area (Å²) in [5.41, 5.74) is 9.59. The molecule has 0 fully saturated rings. The summed E-state index contributed by atoms with van der Waals surface area (Å²) in [5, 5.41) is 14.8. The van der Waals surface area contributed by atoms with Crippen molar-refractivity contribution in [2.45, 2.75) is 19.4 Å². The smallest absolute Gasteiger partial charge is 0.165 e. The molecule has 0 bridgehead atoms. The maximum Gasteiger partial charge on any atom is 0.165 e. The number of anilines is 1. The van der Waals surface area contributed by atoms with Crippen molar-refractivity contribution in [3.05, 3.63) is 73.2 Å². The predicted molar refractivity (Wildman–Crippen MR) is 123 cm³/mol. The van der Waals surface area contributed by atoms with Crippen LogP contribution in [0.2, 0.25) is 0 Å². The summed E-state index contributed by atoms with van der Waals surface area (Å²) >= 11 is 0. The Morgan fingerprint density at radius 2 is 1.90 bits per heavy atom. The van der Waals surface area contributed by atoms with Crippen LogP contribution in [0.1, 0.15) is 13.3 Å². The number of hydrogen-bond donors (Lipinski definition) is 2. The standard InChI is InChI=1S/C24H26N6O/c1-3-19(25)16-29(2)23-10-12-26-24(28-23)21-15-18(8-9-22(21)31)17-6-4-7-20(14-17)30-13-5-11-27-30/h4-15,19,31H,3,16,25H2,1-2H3/t19-/m0/s1. The van der Waals surface area contributed by atoms with Crippen LogP contribution < -0.4 is 10.6 Å². The Bertz CT molecular complexity index is 1160. The highest BCUT2D eigenvalue weighted by Crippen LogP contribution is 2.33. The average Bonchev–Trinajstić information content (AvgIpc) is 3.34. The zero-order valence-corrected chi connectivity index (χ0v) is 17.7. The molecule has 0 unspecified atom stereocenters. The van der Waals surface area contributed by atoms with Crippen LogP contribution in [-0.2, 0) is 0 Å². The maximum atomic E-state index is 10.5. The summed E-state index contributed by atoms with van der Waals surface area (Å²) in [6.07, 6.45) is 6.25. The number of rotatable bonds is 7. The van der Waals surface area contributed by atoms with Crippen molar-refractivity contribution >= 4 is 5.82 Å². The highest BCUT2D eigenvalue weighted by atomic mass is 16.3. The van der Waals surface area contributed by atoms with E-state index in [2.05, 4.69) is 28.1 Å². The number of likely N-dealkylation sites (N-methyl/N-ethyl adjacent to an activating group) is 1. The normalized spacial score (nSPS) is 12.0. The molecule has 3 N–H and O–H groups in total. The van der Waals surface area contributed by atoms with E-state index in [1.807, 2.05) is 65.3 Å². The molecule has 0 aliphatic carbocycles. The molecule has 0 aliphatic rings. The van der Waals surface area contributed by atoms with Gasteiger partial charge in [-0.3, -0.25) is 0 Å². The van der Waals surface area contributed by atoms with Gasteiger partial charge < -0.3 is 15.7 Å². The van der Waals surface area contributed by atoms with Crippen LogP contribution in [0.15, 0.2) is 73.2 Å². The van der Waals surface area contributed by atoms with E-state index >= 15 is 0 Å². The van der Waals surface area contributed by atoms with Gasteiger partial charge in [-0.1, -0.05) is 25.1 Å². The van der Waals surface area contributed by atoms with E-state index < -0.39 is 0 Å². The highest BCUT2D eigenvalue weighted by molar-refractivity contribution is 5.75. The third-order valence-corrected chi connectivity index (χ3v) is 5.25. The summed E-state index contributed by atoms with van der Waals surface area (Å²) in [7, 11) is 1.96. The number of nitrogens with zero attached hydrogens (tertiary/aromatic N) is 5. The van der Waals surface area contributed by atoms with Gasteiger partial charge in [0.05, 0.1) is 11.3 Å². The molecule has 2 aromatic heterocycles. The summed E-state index contributed by atoms with van der Waals surface area (Å²) in [6, 6.07) is 17.4. The average molecular weight is 415 g/mol. The van der Waals surface area contributed by atoms with Crippen molar-refractivity contribution in [1.82, 2.24) is 19.7 Å². The maximum absolute atomic E-state index is 10.5. The zero-order valence-electron chi connectivity index (χ0n) is 17.7. The zero-order chi connectivity index (χ0) is 21.8. The molecule has 2 heterocycles. The van der Waals surface area contributed by atoms with Crippen molar-refractivity contribution in [2.24, 2.45) is 5.73 Å². The van der Waals surface area contributed by atoms with E-state index in [4.69, 9.17) is 5.73 Å². The molecule has 4 rings (SSSR count). The molecule has 0 saturated heterocycles. The molecule has 31 heavy (non-hydrogen) atoms. The third-order valence-electron chi connectivity index (χ3n) is 5.25. The molecule has 0 radical (unpaired) electrons. The van der Waals surface area contributed by atoms with Gasteiger partial charge >= 0.3 is 0 Å². The first-order valence-electron chi connectivity index (χ1n) is 10.3. The Hall–Kier alpha value is -3.71. The fourth-order valence-electron chi connectivity index (χ4n) is 3.41. The predicted octanol–water partition coefficient (Wildman–Crippen LogP) is 3.88. The van der Waals surface area contributed by atoms with E-state index in [0.29, 0.717) is 17.9 Å². The number of aromatic hydroxyl groups is 1. The number of hydrogen-bond acceptors (Lipinski definition) is 6. The first kappa shape index (κ1) is 20.6. The molecule has 1 atom stereocenters. The lowest BCUT2D eigenvalue weighted by Gasteiger charge is -2.22. The fraction of sp³-hybridized carbons (Fsp3) is 0.208. The molecular formula is C24H26N6O. The second kappa shape index (κ2) is 8.97. The summed E-state index contributed by atoms with van der Waals surface area (Å²) in [6.45, 7) is 2.76. The molecule has 4 aromatic rings. The van der Waals surface area contributed by atoms with Crippen molar-refractivity contribution in [3.8, 4) is 34.0 Å². The second-order valence-electron chi connectivity index (χ2n) is 7.52. The Morgan fingerprint density at radius 3 is 2.68 bits per heavy atom. The van der Waals surface area contributed by atoms with Crippen LogP contribution in [0.4, 0.5) is 5.82 Å². The SMILES string of the molecule is CC[C@H](N)CN(C)c1ccnc(-c2cc(-c3cccc(-n4cccn4)c3)ccc2O)n1. The lowest BCUT2D eigenvalue weighted by Crippen LogP contribution is -2.35. The van der Waals surface area contributed by atoms with E-state index in [-0.39, 0.29) is 11.8 Å². The van der Waals surface area contributed by atoms with Crippen LogP contribution in [-0.4, -0.2) is 44.5 Å². The topological polar surface area (TPSA) is 93.1 Å². The van der Waals surface area contributed by atoms with Crippen molar-refractivity contribution < 1.29 is 5.11 Å². The number of aromatic nitrogens is 4. The summed E-state index contributed by atoms with van der Waals surface area (Å²) < 4.78 is 1.81. The van der Waals surface area contributed by atoms with Gasteiger partial charge in [-0.25, -0.2) is 14.6 Å². The Balaban J connectivity index is 1.68. The minimum absolute atomic E-state index is 0.0715. The number of phenols is 1. The molecule has 0 saturated carbocycles. The highest BCUT2D eigenvalue weighted by Gasteiger charge is 2.13. The molecule has 158 valence electrons. The van der Waals surface area contributed by atoms with Gasteiger partial charge in [0, 0.05) is 38.2 Å². The summed E-state index contributed by atoms with van der Waals surface area (Å²) in [4.78, 5) is 11.1. The van der Waals surface area contributed by atoms with Gasteiger partial charge in [0.1, 0.15) is 11.6 Å². The number of nitrogens with two attached hydrogens (primary N) is 1. The third kappa shape index (κ3) is 4.57. The van der Waals surface area contributed by atoms with Crippen LogP contribution in [0.25, 0.3) is 28.2 Å². The molecule has 7 nitrogen and oxygen atoms in total. The first-order valence-corrected chi connectivity index (χ1v) is 10.3. The van der Waals surface area contributed by atoms with E-state index in [0.717, 1.165) is 29.1 Å². The van der Waals surface area contributed by atoms with Gasteiger partial charge in [-0.15, -0.1) is 0 Å². The molecule has 0 aliphatic heterocycles. The molecule has 7 heteroatoms. The van der Waals surface area contributed by atoms with Crippen LogP contribution in [0, 0.1) is 0 Å². The monoisotopic (exact) mass is 414 g/mol. The molecule has 2 aromatic carbocycles. The van der Waals surface area contributed by atoms with E-state index in [9.17, 15) is 5.11 Å². The van der Waals surface area contributed by atoms with E-state index in [1.54, 1.807) is 18.5 Å².